The standard InChI is InChI=1S/C20H16F2N2O2/c21-15-7-3-1-5-13(15)12-23-19(25)20(9-10-20)18-11-17(26-24-18)14-6-2-4-8-16(14)22/h1-8,11H,9-10,12H2,(H,23,25). The van der Waals surface area contributed by atoms with Gasteiger partial charge in [0.2, 0.25) is 5.91 Å². The van der Waals surface area contributed by atoms with Crippen LogP contribution in [0.25, 0.3) is 11.3 Å². The van der Waals surface area contributed by atoms with Crippen LogP contribution in [0.2, 0.25) is 0 Å². The molecule has 1 saturated carbocycles. The molecule has 1 aromatic heterocycles. The first-order valence-electron chi connectivity index (χ1n) is 8.34. The van der Waals surface area contributed by atoms with Crippen molar-refractivity contribution in [1.29, 1.82) is 0 Å². The molecule has 6 heteroatoms. The van der Waals surface area contributed by atoms with Crippen molar-refractivity contribution < 1.29 is 18.1 Å². The van der Waals surface area contributed by atoms with Crippen molar-refractivity contribution in [3.63, 3.8) is 0 Å². The Morgan fingerprint density at radius 1 is 1.08 bits per heavy atom. The molecule has 1 amide bonds. The minimum absolute atomic E-state index is 0.102. The van der Waals surface area contributed by atoms with Crippen LogP contribution >= 0.6 is 0 Å². The number of carbonyl (C=O) groups excluding carboxylic acids is 1. The van der Waals surface area contributed by atoms with Crippen molar-refractivity contribution in [1.82, 2.24) is 10.5 Å². The fraction of sp³-hybridized carbons (Fsp3) is 0.200. The first kappa shape index (κ1) is 16.4. The molecule has 0 saturated heterocycles. The number of hydrogen-bond donors (Lipinski definition) is 1. The molecule has 0 bridgehead atoms. The molecule has 0 unspecified atom stereocenters. The van der Waals surface area contributed by atoms with Gasteiger partial charge in [0, 0.05) is 18.2 Å². The van der Waals surface area contributed by atoms with Crippen LogP contribution in [0.15, 0.2) is 59.1 Å². The van der Waals surface area contributed by atoms with Crippen LogP contribution in [-0.2, 0) is 16.8 Å². The van der Waals surface area contributed by atoms with Crippen molar-refractivity contribution >= 4 is 5.91 Å². The van der Waals surface area contributed by atoms with Gasteiger partial charge in [0.25, 0.3) is 0 Å². The highest BCUT2D eigenvalue weighted by Crippen LogP contribution is 2.48. The lowest BCUT2D eigenvalue weighted by Crippen LogP contribution is -2.34. The van der Waals surface area contributed by atoms with Crippen LogP contribution in [-0.4, -0.2) is 11.1 Å². The van der Waals surface area contributed by atoms with E-state index in [1.165, 1.54) is 12.1 Å². The molecule has 1 aliphatic carbocycles. The quantitative estimate of drug-likeness (QED) is 0.754. The van der Waals surface area contributed by atoms with E-state index in [-0.39, 0.29) is 24.0 Å². The van der Waals surface area contributed by atoms with Gasteiger partial charge in [0.05, 0.1) is 16.7 Å². The van der Waals surface area contributed by atoms with E-state index in [0.29, 0.717) is 29.7 Å². The van der Waals surface area contributed by atoms with Crippen molar-refractivity contribution in [3.8, 4) is 11.3 Å². The molecule has 1 aliphatic rings. The van der Waals surface area contributed by atoms with Crippen LogP contribution in [0.1, 0.15) is 24.1 Å². The SMILES string of the molecule is O=C(NCc1ccccc1F)C1(c2cc(-c3ccccc3F)on2)CC1. The monoisotopic (exact) mass is 354 g/mol. The Bertz CT molecular complexity index is 964. The Balaban J connectivity index is 1.52. The predicted molar refractivity (Wildman–Crippen MR) is 91.1 cm³/mol. The number of nitrogens with one attached hydrogen (secondary N) is 1. The highest BCUT2D eigenvalue weighted by atomic mass is 19.1. The second kappa shape index (κ2) is 6.37. The molecule has 0 aliphatic heterocycles. The van der Waals surface area contributed by atoms with Crippen LogP contribution in [0.5, 0.6) is 0 Å². The lowest BCUT2D eigenvalue weighted by molar-refractivity contribution is -0.123. The summed E-state index contributed by atoms with van der Waals surface area (Å²) in [7, 11) is 0. The minimum atomic E-state index is -0.780. The molecule has 132 valence electrons. The predicted octanol–water partition coefficient (Wildman–Crippen LogP) is 3.97. The lowest BCUT2D eigenvalue weighted by Gasteiger charge is -2.12. The lowest BCUT2D eigenvalue weighted by atomic mass is 10.00. The van der Waals surface area contributed by atoms with Gasteiger partial charge in [-0.2, -0.15) is 0 Å². The van der Waals surface area contributed by atoms with E-state index in [1.54, 1.807) is 42.5 Å². The first-order chi connectivity index (χ1) is 12.6. The maximum absolute atomic E-state index is 13.9. The summed E-state index contributed by atoms with van der Waals surface area (Å²) in [6, 6.07) is 14.1. The minimum Gasteiger partial charge on any atom is -0.356 e. The Labute approximate surface area is 148 Å². The molecule has 1 heterocycles. The molecule has 0 radical (unpaired) electrons. The summed E-state index contributed by atoms with van der Waals surface area (Å²) in [6.45, 7) is 0.102. The van der Waals surface area contributed by atoms with Gasteiger partial charge in [0.1, 0.15) is 11.6 Å². The summed E-state index contributed by atoms with van der Waals surface area (Å²) in [5, 5.41) is 6.75. The van der Waals surface area contributed by atoms with Gasteiger partial charge in [0.15, 0.2) is 5.76 Å². The summed E-state index contributed by atoms with van der Waals surface area (Å²) in [6.07, 6.45) is 1.25. The zero-order chi connectivity index (χ0) is 18.1. The summed E-state index contributed by atoms with van der Waals surface area (Å²) in [5.41, 5.74) is 0.414. The topological polar surface area (TPSA) is 55.1 Å². The molecular weight excluding hydrogens is 338 g/mol. The first-order valence-corrected chi connectivity index (χ1v) is 8.34. The smallest absolute Gasteiger partial charge is 0.232 e. The van der Waals surface area contributed by atoms with Crippen molar-refractivity contribution in [2.45, 2.75) is 24.8 Å². The number of carbonyl (C=O) groups is 1. The third-order valence-corrected chi connectivity index (χ3v) is 4.72. The van der Waals surface area contributed by atoms with Gasteiger partial charge in [-0.1, -0.05) is 35.5 Å². The summed E-state index contributed by atoms with van der Waals surface area (Å²) < 4.78 is 32.8. The molecule has 4 nitrogen and oxygen atoms in total. The average Bonchev–Trinajstić information content (AvgIpc) is 3.32. The van der Waals surface area contributed by atoms with Gasteiger partial charge in [-0.05, 0) is 31.0 Å². The van der Waals surface area contributed by atoms with Crippen LogP contribution < -0.4 is 5.32 Å². The zero-order valence-electron chi connectivity index (χ0n) is 13.8. The fourth-order valence-corrected chi connectivity index (χ4v) is 3.00. The van der Waals surface area contributed by atoms with E-state index in [1.807, 2.05) is 0 Å². The highest BCUT2D eigenvalue weighted by Gasteiger charge is 2.53. The average molecular weight is 354 g/mol. The maximum Gasteiger partial charge on any atom is 0.232 e. The second-order valence-electron chi connectivity index (χ2n) is 6.41. The van der Waals surface area contributed by atoms with Gasteiger partial charge in [-0.25, -0.2) is 8.78 Å². The Morgan fingerprint density at radius 3 is 2.46 bits per heavy atom. The Hall–Kier alpha value is -3.02. The number of halogens is 2. The number of aromatic nitrogens is 1. The molecule has 0 atom stereocenters. The van der Waals surface area contributed by atoms with E-state index < -0.39 is 11.2 Å². The zero-order valence-corrected chi connectivity index (χ0v) is 13.8. The number of hydrogen-bond acceptors (Lipinski definition) is 3. The highest BCUT2D eigenvalue weighted by molar-refractivity contribution is 5.91. The number of nitrogens with zero attached hydrogens (tertiary/aromatic N) is 1. The third kappa shape index (κ3) is 2.87. The van der Waals surface area contributed by atoms with Crippen molar-refractivity contribution in [2.24, 2.45) is 0 Å². The normalized spacial score (nSPS) is 14.8. The van der Waals surface area contributed by atoms with Crippen LogP contribution in [0, 0.1) is 11.6 Å². The largest absolute Gasteiger partial charge is 0.356 e. The second-order valence-corrected chi connectivity index (χ2v) is 6.41. The van der Waals surface area contributed by atoms with Gasteiger partial charge >= 0.3 is 0 Å². The van der Waals surface area contributed by atoms with E-state index in [2.05, 4.69) is 10.5 Å². The van der Waals surface area contributed by atoms with Gasteiger partial charge in [-0.3, -0.25) is 4.79 Å². The summed E-state index contributed by atoms with van der Waals surface area (Å²) in [4.78, 5) is 12.6. The number of benzene rings is 2. The van der Waals surface area contributed by atoms with Crippen molar-refractivity contribution in [2.75, 3.05) is 0 Å². The molecule has 0 spiro atoms. The molecule has 4 rings (SSSR count). The van der Waals surface area contributed by atoms with Crippen LogP contribution in [0.4, 0.5) is 8.78 Å². The molecule has 1 N–H and O–H groups in total. The fourth-order valence-electron chi connectivity index (χ4n) is 3.00. The summed E-state index contributed by atoms with van der Waals surface area (Å²) >= 11 is 0. The summed E-state index contributed by atoms with van der Waals surface area (Å²) in [5.74, 6) is -0.717. The van der Waals surface area contributed by atoms with E-state index in [9.17, 15) is 13.6 Å². The van der Waals surface area contributed by atoms with E-state index >= 15 is 0 Å². The van der Waals surface area contributed by atoms with Gasteiger partial charge in [-0.15, -0.1) is 0 Å². The molecular formula is C20H16F2N2O2. The maximum atomic E-state index is 13.9. The molecule has 1 fully saturated rings. The van der Waals surface area contributed by atoms with Crippen LogP contribution in [0.3, 0.4) is 0 Å². The van der Waals surface area contributed by atoms with Gasteiger partial charge < -0.3 is 9.84 Å². The third-order valence-electron chi connectivity index (χ3n) is 4.72. The molecule has 26 heavy (non-hydrogen) atoms. The van der Waals surface area contributed by atoms with E-state index in [4.69, 9.17) is 4.52 Å². The van der Waals surface area contributed by atoms with E-state index in [0.717, 1.165) is 0 Å². The van der Waals surface area contributed by atoms with Crippen molar-refractivity contribution in [3.05, 3.63) is 77.5 Å². The molecule has 2 aromatic carbocycles. The molecule has 3 aromatic rings. The Kier molecular flexibility index (Phi) is 4.03. The number of rotatable bonds is 5. The Morgan fingerprint density at radius 2 is 1.77 bits per heavy atom. The number of amides is 1.